The fourth-order valence-corrected chi connectivity index (χ4v) is 3.84. The van der Waals surface area contributed by atoms with Crippen molar-refractivity contribution in [1.82, 2.24) is 10.3 Å². The summed E-state index contributed by atoms with van der Waals surface area (Å²) in [5, 5.41) is 23.4. The number of aliphatic hydroxyl groups excluding tert-OH is 2. The summed E-state index contributed by atoms with van der Waals surface area (Å²) in [4.78, 5) is 16.6. The molecule has 5 N–H and O–H groups in total. The summed E-state index contributed by atoms with van der Waals surface area (Å²) in [5.74, 6) is 0.604. The van der Waals surface area contributed by atoms with Gasteiger partial charge in [-0.25, -0.2) is 4.98 Å². The molecule has 0 saturated heterocycles. The molecule has 0 bridgehead atoms. The Kier molecular flexibility index (Phi) is 6.27. The Morgan fingerprint density at radius 1 is 1.30 bits per heavy atom. The van der Waals surface area contributed by atoms with E-state index in [1.807, 2.05) is 29.6 Å². The van der Waals surface area contributed by atoms with Gasteiger partial charge in [-0.3, -0.25) is 4.79 Å². The molecule has 0 spiro atoms. The van der Waals surface area contributed by atoms with Crippen LogP contribution in [0.15, 0.2) is 40.3 Å². The van der Waals surface area contributed by atoms with E-state index < -0.39 is 11.9 Å². The molecular formula is C18H18BrN3O4S. The molecule has 2 aromatic heterocycles. The molecule has 0 atom stereocenters. The van der Waals surface area contributed by atoms with Crippen molar-refractivity contribution in [3.05, 3.63) is 51.4 Å². The number of fused-ring (bicyclic) bond motifs is 1. The molecule has 3 aromatic rings. The fourth-order valence-electron chi connectivity index (χ4n) is 2.50. The normalized spacial score (nSPS) is 11.1. The van der Waals surface area contributed by atoms with Crippen LogP contribution in [-0.4, -0.2) is 40.4 Å². The Hall–Kier alpha value is -2.20. The lowest BCUT2D eigenvalue weighted by atomic mass is 10.1. The monoisotopic (exact) mass is 451 g/mol. The summed E-state index contributed by atoms with van der Waals surface area (Å²) in [6.45, 7) is -0.427. The van der Waals surface area contributed by atoms with Crippen molar-refractivity contribution >= 4 is 49.1 Å². The third kappa shape index (κ3) is 4.38. The molecule has 0 radical (unpaired) electrons. The number of thiophene rings is 1. The second-order valence-corrected chi connectivity index (χ2v) is 7.60. The van der Waals surface area contributed by atoms with Gasteiger partial charge in [-0.1, -0.05) is 15.9 Å². The van der Waals surface area contributed by atoms with Crippen LogP contribution in [-0.2, 0) is 6.61 Å². The van der Waals surface area contributed by atoms with Crippen LogP contribution >= 0.6 is 27.3 Å². The van der Waals surface area contributed by atoms with E-state index in [2.05, 4.69) is 26.2 Å². The summed E-state index contributed by atoms with van der Waals surface area (Å²) in [7, 11) is 0. The molecule has 0 aliphatic heterocycles. The number of nitrogens with two attached hydrogens (primary N) is 1. The smallest absolute Gasteiger partial charge is 0.254 e. The van der Waals surface area contributed by atoms with Gasteiger partial charge < -0.3 is 26.0 Å². The first kappa shape index (κ1) is 19.6. The number of hydrogen-bond acceptors (Lipinski definition) is 7. The molecule has 7 nitrogen and oxygen atoms in total. The molecule has 27 heavy (non-hydrogen) atoms. The highest BCUT2D eigenvalue weighted by atomic mass is 79.9. The van der Waals surface area contributed by atoms with Gasteiger partial charge >= 0.3 is 0 Å². The van der Waals surface area contributed by atoms with Gasteiger partial charge in [0.25, 0.3) is 5.91 Å². The number of rotatable bonds is 7. The topological polar surface area (TPSA) is 118 Å². The quantitative estimate of drug-likeness (QED) is 0.437. The predicted octanol–water partition coefficient (Wildman–Crippen LogP) is 2.30. The largest absolute Gasteiger partial charge is 0.489 e. The maximum atomic E-state index is 12.5. The highest BCUT2D eigenvalue weighted by Crippen LogP contribution is 2.33. The van der Waals surface area contributed by atoms with Crippen LogP contribution < -0.4 is 15.8 Å². The molecule has 0 unspecified atom stereocenters. The fraction of sp³-hybridized carbons (Fsp3) is 0.222. The number of nitrogen functional groups attached to an aromatic ring is 1. The van der Waals surface area contributed by atoms with Crippen molar-refractivity contribution in [2.45, 2.75) is 12.6 Å². The maximum Gasteiger partial charge on any atom is 0.254 e. The van der Waals surface area contributed by atoms with Crippen molar-refractivity contribution in [3.8, 4) is 5.75 Å². The zero-order valence-corrected chi connectivity index (χ0v) is 16.6. The van der Waals surface area contributed by atoms with Gasteiger partial charge in [0.2, 0.25) is 0 Å². The van der Waals surface area contributed by atoms with Crippen molar-refractivity contribution < 1.29 is 19.7 Å². The van der Waals surface area contributed by atoms with Crippen molar-refractivity contribution in [2.75, 3.05) is 18.9 Å². The van der Waals surface area contributed by atoms with E-state index in [-0.39, 0.29) is 19.8 Å². The third-order valence-corrected chi connectivity index (χ3v) is 5.52. The van der Waals surface area contributed by atoms with Crippen molar-refractivity contribution in [1.29, 1.82) is 0 Å². The number of benzene rings is 1. The first-order valence-corrected chi connectivity index (χ1v) is 9.76. The first-order chi connectivity index (χ1) is 13.0. The molecule has 0 aliphatic rings. The number of nitrogens with zero attached hydrogens (tertiary/aromatic N) is 1. The van der Waals surface area contributed by atoms with E-state index in [1.165, 1.54) is 17.5 Å². The molecule has 0 saturated carbocycles. The Morgan fingerprint density at radius 3 is 2.67 bits per heavy atom. The van der Waals surface area contributed by atoms with Crippen LogP contribution in [0.25, 0.3) is 10.1 Å². The average molecular weight is 452 g/mol. The minimum absolute atomic E-state index is 0.286. The van der Waals surface area contributed by atoms with Crippen LogP contribution in [0.4, 0.5) is 5.82 Å². The summed E-state index contributed by atoms with van der Waals surface area (Å²) >= 11 is 4.75. The van der Waals surface area contributed by atoms with E-state index in [4.69, 9.17) is 20.7 Å². The van der Waals surface area contributed by atoms with Gasteiger partial charge in [0.1, 0.15) is 18.2 Å². The maximum absolute atomic E-state index is 12.5. The van der Waals surface area contributed by atoms with Crippen molar-refractivity contribution in [3.63, 3.8) is 0 Å². The van der Waals surface area contributed by atoms with Gasteiger partial charge in [0, 0.05) is 21.6 Å². The van der Waals surface area contributed by atoms with Crippen LogP contribution in [0.1, 0.15) is 15.9 Å². The number of carbonyl (C=O) groups is 1. The summed E-state index contributed by atoms with van der Waals surface area (Å²) in [6.07, 6.45) is 1.40. The lowest BCUT2D eigenvalue weighted by molar-refractivity contribution is 0.0881. The van der Waals surface area contributed by atoms with Gasteiger partial charge in [0.05, 0.1) is 29.5 Å². The second-order valence-electron chi connectivity index (χ2n) is 5.80. The Morgan fingerprint density at radius 2 is 2.00 bits per heavy atom. The van der Waals surface area contributed by atoms with Gasteiger partial charge in [-0.05, 0) is 29.6 Å². The minimum atomic E-state index is -0.731. The molecule has 0 aliphatic carbocycles. The lowest BCUT2D eigenvalue weighted by Gasteiger charge is -2.14. The van der Waals surface area contributed by atoms with E-state index in [0.717, 1.165) is 10.0 Å². The summed E-state index contributed by atoms with van der Waals surface area (Å²) in [6, 6.07) is 6.74. The van der Waals surface area contributed by atoms with Crippen LogP contribution in [0.2, 0.25) is 0 Å². The second kappa shape index (κ2) is 8.66. The number of carbonyl (C=O) groups excluding carboxylic acids is 1. The zero-order chi connectivity index (χ0) is 19.4. The number of ether oxygens (including phenoxy) is 1. The molecule has 2 heterocycles. The number of pyridine rings is 1. The van der Waals surface area contributed by atoms with Crippen LogP contribution in [0, 0.1) is 0 Å². The molecule has 9 heteroatoms. The highest BCUT2D eigenvalue weighted by Gasteiger charge is 2.19. The summed E-state index contributed by atoms with van der Waals surface area (Å²) < 4.78 is 7.45. The minimum Gasteiger partial charge on any atom is -0.489 e. The molecular weight excluding hydrogens is 434 g/mol. The molecule has 1 amide bonds. The van der Waals surface area contributed by atoms with E-state index in [9.17, 15) is 4.79 Å². The van der Waals surface area contributed by atoms with E-state index in [1.54, 1.807) is 0 Å². The molecule has 1 aromatic carbocycles. The number of amides is 1. The number of anilines is 1. The average Bonchev–Trinajstić information content (AvgIpc) is 3.10. The molecule has 3 rings (SSSR count). The lowest BCUT2D eigenvalue weighted by Crippen LogP contribution is -2.40. The van der Waals surface area contributed by atoms with Gasteiger partial charge in [0.15, 0.2) is 0 Å². The number of halogens is 1. The van der Waals surface area contributed by atoms with Gasteiger partial charge in [-0.15, -0.1) is 11.3 Å². The standard InChI is InChI=1S/C18H18BrN3O4S/c19-11-1-3-13(4-2-11)26-8-10-9-27-16-14(5-21-17(20)15(10)16)18(25)22-12(6-23)7-24/h1-5,9,12,23-24H,6-8H2,(H2,20,21)(H,22,25). The first-order valence-electron chi connectivity index (χ1n) is 8.09. The van der Waals surface area contributed by atoms with Crippen LogP contribution in [0.5, 0.6) is 5.75 Å². The van der Waals surface area contributed by atoms with Crippen molar-refractivity contribution in [2.24, 2.45) is 0 Å². The molecule has 142 valence electrons. The van der Waals surface area contributed by atoms with E-state index >= 15 is 0 Å². The van der Waals surface area contributed by atoms with Crippen LogP contribution in [0.3, 0.4) is 0 Å². The number of nitrogens with one attached hydrogen (secondary N) is 1. The Balaban J connectivity index is 1.86. The number of hydrogen-bond donors (Lipinski definition) is 4. The Labute approximate surface area is 167 Å². The highest BCUT2D eigenvalue weighted by molar-refractivity contribution is 9.10. The number of aromatic nitrogens is 1. The molecule has 0 fully saturated rings. The third-order valence-electron chi connectivity index (χ3n) is 3.93. The Bertz CT molecular complexity index is 942. The van der Waals surface area contributed by atoms with Gasteiger partial charge in [-0.2, -0.15) is 0 Å². The SMILES string of the molecule is Nc1ncc(C(=O)NC(CO)CO)c2scc(COc3ccc(Br)cc3)c12. The van der Waals surface area contributed by atoms with E-state index in [0.29, 0.717) is 27.2 Å². The predicted molar refractivity (Wildman–Crippen MR) is 108 cm³/mol. The number of aliphatic hydroxyl groups is 2. The summed E-state index contributed by atoms with van der Waals surface area (Å²) in [5.41, 5.74) is 7.21. The zero-order valence-electron chi connectivity index (χ0n) is 14.2.